The number of benzene rings is 1. The monoisotopic (exact) mass is 246 g/mol. The lowest BCUT2D eigenvalue weighted by Gasteiger charge is -2.09. The van der Waals surface area contributed by atoms with E-state index in [2.05, 4.69) is 15.9 Å². The summed E-state index contributed by atoms with van der Waals surface area (Å²) in [7, 11) is 0. The number of halogens is 1. The van der Waals surface area contributed by atoms with Gasteiger partial charge >= 0.3 is 0 Å². The van der Waals surface area contributed by atoms with Gasteiger partial charge in [0.25, 0.3) is 0 Å². The number of aryl methyl sites for hydroxylation is 1. The number of aliphatic hydroxyl groups excluding tert-OH is 1. The average molecular weight is 247 g/mol. The Morgan fingerprint density at radius 2 is 2.15 bits per heavy atom. The smallest absolute Gasteiger partial charge is 0.186 e. The van der Waals surface area contributed by atoms with Gasteiger partial charge in [-0.15, -0.1) is 0 Å². The molecular formula is C9H11BrO3. The first-order chi connectivity index (χ1) is 6.09. The van der Waals surface area contributed by atoms with Crippen LogP contribution in [0.15, 0.2) is 22.7 Å². The van der Waals surface area contributed by atoms with Crippen LogP contribution in [0.2, 0.25) is 0 Å². The first-order valence-electron chi connectivity index (χ1n) is 3.84. The van der Waals surface area contributed by atoms with Crippen molar-refractivity contribution in [3.05, 3.63) is 28.2 Å². The third kappa shape index (κ3) is 3.34. The van der Waals surface area contributed by atoms with Crippen LogP contribution in [0, 0.1) is 6.92 Å². The first-order valence-corrected chi connectivity index (χ1v) is 4.64. The molecule has 0 aliphatic rings. The molecule has 1 aromatic rings. The molecule has 0 spiro atoms. The van der Waals surface area contributed by atoms with Gasteiger partial charge in [-0.05, 0) is 30.7 Å². The zero-order valence-electron chi connectivity index (χ0n) is 7.20. The highest BCUT2D eigenvalue weighted by Gasteiger charge is 2.02. The molecule has 1 aromatic carbocycles. The van der Waals surface area contributed by atoms with Crippen molar-refractivity contribution in [1.29, 1.82) is 0 Å². The SMILES string of the molecule is Cc1cc(Br)ccc1OCC(O)O. The van der Waals surface area contributed by atoms with Crippen molar-refractivity contribution in [3.63, 3.8) is 0 Å². The Kier molecular flexibility index (Phi) is 3.71. The van der Waals surface area contributed by atoms with E-state index in [-0.39, 0.29) is 6.61 Å². The van der Waals surface area contributed by atoms with Crippen molar-refractivity contribution < 1.29 is 14.9 Å². The van der Waals surface area contributed by atoms with Gasteiger partial charge in [-0.25, -0.2) is 0 Å². The summed E-state index contributed by atoms with van der Waals surface area (Å²) in [4.78, 5) is 0. The van der Waals surface area contributed by atoms with Crippen LogP contribution in [0.1, 0.15) is 5.56 Å². The van der Waals surface area contributed by atoms with Gasteiger partial charge in [0.15, 0.2) is 6.29 Å². The van der Waals surface area contributed by atoms with E-state index in [0.717, 1.165) is 10.0 Å². The standard InChI is InChI=1S/C9H11BrO3/c1-6-4-7(10)2-3-8(6)13-5-9(11)12/h2-4,9,11-12H,5H2,1H3. The summed E-state index contributed by atoms with van der Waals surface area (Å²) in [5, 5.41) is 17.2. The molecule has 0 saturated carbocycles. The molecule has 3 nitrogen and oxygen atoms in total. The largest absolute Gasteiger partial charge is 0.488 e. The molecule has 1 rings (SSSR count). The summed E-state index contributed by atoms with van der Waals surface area (Å²) in [5.41, 5.74) is 0.954. The molecule has 0 unspecified atom stereocenters. The van der Waals surface area contributed by atoms with E-state index in [1.165, 1.54) is 0 Å². The molecule has 0 heterocycles. The minimum atomic E-state index is -1.43. The Morgan fingerprint density at radius 3 is 2.69 bits per heavy atom. The summed E-state index contributed by atoms with van der Waals surface area (Å²) in [5.74, 6) is 0.663. The highest BCUT2D eigenvalue weighted by molar-refractivity contribution is 9.10. The second kappa shape index (κ2) is 4.60. The summed E-state index contributed by atoms with van der Waals surface area (Å²) in [6, 6.07) is 5.52. The lowest BCUT2D eigenvalue weighted by atomic mass is 10.2. The number of rotatable bonds is 3. The van der Waals surface area contributed by atoms with Crippen molar-refractivity contribution in [2.24, 2.45) is 0 Å². The molecule has 0 aliphatic heterocycles. The predicted octanol–water partition coefficient (Wildman–Crippen LogP) is 1.45. The van der Waals surface area contributed by atoms with Gasteiger partial charge in [-0.3, -0.25) is 0 Å². The maximum absolute atomic E-state index is 8.58. The second-order valence-corrected chi connectivity index (χ2v) is 3.62. The molecule has 13 heavy (non-hydrogen) atoms. The van der Waals surface area contributed by atoms with Crippen LogP contribution in [0.5, 0.6) is 5.75 Å². The van der Waals surface area contributed by atoms with Gasteiger partial charge < -0.3 is 14.9 Å². The average Bonchev–Trinajstić information content (AvgIpc) is 2.02. The lowest BCUT2D eigenvalue weighted by molar-refractivity contribution is -0.0681. The summed E-state index contributed by atoms with van der Waals surface area (Å²) in [6.45, 7) is 1.78. The second-order valence-electron chi connectivity index (χ2n) is 2.70. The van der Waals surface area contributed by atoms with E-state index in [0.29, 0.717) is 5.75 Å². The molecule has 0 bridgehead atoms. The van der Waals surface area contributed by atoms with Crippen LogP contribution < -0.4 is 4.74 Å². The minimum Gasteiger partial charge on any atom is -0.488 e. The van der Waals surface area contributed by atoms with Crippen molar-refractivity contribution in [3.8, 4) is 5.75 Å². The van der Waals surface area contributed by atoms with Gasteiger partial charge in [-0.2, -0.15) is 0 Å². The highest BCUT2D eigenvalue weighted by Crippen LogP contribution is 2.21. The molecule has 0 amide bonds. The van der Waals surface area contributed by atoms with E-state index in [4.69, 9.17) is 14.9 Å². The Morgan fingerprint density at radius 1 is 1.46 bits per heavy atom. The minimum absolute atomic E-state index is 0.109. The van der Waals surface area contributed by atoms with Crippen LogP contribution in [-0.2, 0) is 0 Å². The van der Waals surface area contributed by atoms with Crippen LogP contribution in [0.3, 0.4) is 0 Å². The maximum Gasteiger partial charge on any atom is 0.186 e. The van der Waals surface area contributed by atoms with Crippen LogP contribution in [0.4, 0.5) is 0 Å². The molecular weight excluding hydrogens is 236 g/mol. The molecule has 0 aliphatic carbocycles. The van der Waals surface area contributed by atoms with Crippen molar-refractivity contribution >= 4 is 15.9 Å². The van der Waals surface area contributed by atoms with Gasteiger partial charge in [-0.1, -0.05) is 15.9 Å². The van der Waals surface area contributed by atoms with E-state index in [1.54, 1.807) is 6.07 Å². The third-order valence-corrected chi connectivity index (χ3v) is 2.02. The van der Waals surface area contributed by atoms with Gasteiger partial charge in [0.2, 0.25) is 0 Å². The Hall–Kier alpha value is -0.580. The molecule has 4 heteroatoms. The fourth-order valence-electron chi connectivity index (χ4n) is 0.939. The van der Waals surface area contributed by atoms with E-state index >= 15 is 0 Å². The molecule has 72 valence electrons. The van der Waals surface area contributed by atoms with E-state index < -0.39 is 6.29 Å². The van der Waals surface area contributed by atoms with Crippen LogP contribution in [0.25, 0.3) is 0 Å². The zero-order chi connectivity index (χ0) is 9.84. The van der Waals surface area contributed by atoms with Crippen molar-refractivity contribution in [2.75, 3.05) is 6.61 Å². The number of hydrogen-bond acceptors (Lipinski definition) is 3. The molecule has 0 saturated heterocycles. The Balaban J connectivity index is 2.67. The third-order valence-electron chi connectivity index (χ3n) is 1.52. The predicted molar refractivity (Wildman–Crippen MR) is 52.6 cm³/mol. The first kappa shape index (κ1) is 10.5. The topological polar surface area (TPSA) is 49.7 Å². The van der Waals surface area contributed by atoms with Gasteiger partial charge in [0.1, 0.15) is 12.4 Å². The van der Waals surface area contributed by atoms with E-state index in [1.807, 2.05) is 19.1 Å². The number of hydrogen-bond donors (Lipinski definition) is 2. The fraction of sp³-hybridized carbons (Fsp3) is 0.333. The highest BCUT2D eigenvalue weighted by atomic mass is 79.9. The number of aliphatic hydroxyl groups is 2. The maximum atomic E-state index is 8.58. The summed E-state index contributed by atoms with van der Waals surface area (Å²) < 4.78 is 6.11. The quantitative estimate of drug-likeness (QED) is 0.795. The fourth-order valence-corrected chi connectivity index (χ4v) is 1.41. The van der Waals surface area contributed by atoms with Crippen molar-refractivity contribution in [1.82, 2.24) is 0 Å². The molecule has 0 atom stereocenters. The molecule has 0 aromatic heterocycles. The Labute approximate surface area is 85.1 Å². The molecule has 2 N–H and O–H groups in total. The number of ether oxygens (including phenoxy) is 1. The van der Waals surface area contributed by atoms with E-state index in [9.17, 15) is 0 Å². The lowest BCUT2D eigenvalue weighted by Crippen LogP contribution is -2.16. The Bertz CT molecular complexity index is 286. The molecule has 0 fully saturated rings. The van der Waals surface area contributed by atoms with Crippen LogP contribution >= 0.6 is 15.9 Å². The van der Waals surface area contributed by atoms with Gasteiger partial charge in [0.05, 0.1) is 0 Å². The normalized spacial score (nSPS) is 10.5. The summed E-state index contributed by atoms with van der Waals surface area (Å²) in [6.07, 6.45) is -1.43. The van der Waals surface area contributed by atoms with Crippen LogP contribution in [-0.4, -0.2) is 23.1 Å². The van der Waals surface area contributed by atoms with Crippen molar-refractivity contribution in [2.45, 2.75) is 13.2 Å². The van der Waals surface area contributed by atoms with Gasteiger partial charge in [0, 0.05) is 4.47 Å². The summed E-state index contributed by atoms with van der Waals surface area (Å²) >= 11 is 3.32. The zero-order valence-corrected chi connectivity index (χ0v) is 8.78. The molecule has 0 radical (unpaired) electrons.